The summed E-state index contributed by atoms with van der Waals surface area (Å²) in [5, 5.41) is -0.567. The van der Waals surface area contributed by atoms with Crippen LogP contribution in [0.5, 0.6) is 0 Å². The van der Waals surface area contributed by atoms with Crippen molar-refractivity contribution in [3.63, 3.8) is 0 Å². The summed E-state index contributed by atoms with van der Waals surface area (Å²) in [5.41, 5.74) is -0.0608. The van der Waals surface area contributed by atoms with E-state index < -0.39 is 44.5 Å². The molecule has 1 fully saturated rings. The van der Waals surface area contributed by atoms with Gasteiger partial charge in [-0.15, -0.1) is 3.89 Å². The molecule has 2 rings (SSSR count). The molecule has 0 aliphatic carbocycles. The Balaban J connectivity index is 2.27. The average molecular weight is 328 g/mol. The Kier molecular flexibility index (Phi) is 3.97. The van der Waals surface area contributed by atoms with Crippen molar-refractivity contribution >= 4 is 33.4 Å². The van der Waals surface area contributed by atoms with Crippen LogP contribution >= 0.6 is 11.6 Å². The van der Waals surface area contributed by atoms with Gasteiger partial charge in [0, 0.05) is 18.9 Å². The summed E-state index contributed by atoms with van der Waals surface area (Å²) in [7, 11) is -4.71. The molecular formula is C11H9ClF3NO3S. The van der Waals surface area contributed by atoms with E-state index in [1.807, 2.05) is 0 Å². The van der Waals surface area contributed by atoms with Crippen LogP contribution in [-0.4, -0.2) is 26.6 Å². The minimum absolute atomic E-state index is 0.0608. The van der Waals surface area contributed by atoms with Crippen LogP contribution in [0.1, 0.15) is 6.42 Å². The summed E-state index contributed by atoms with van der Waals surface area (Å²) in [6.45, 7) is -0.118. The molecule has 110 valence electrons. The highest BCUT2D eigenvalue weighted by molar-refractivity contribution is 7.86. The van der Waals surface area contributed by atoms with E-state index in [1.165, 1.54) is 0 Å². The summed E-state index contributed by atoms with van der Waals surface area (Å²) in [6.07, 6.45) is -0.196. The van der Waals surface area contributed by atoms with E-state index in [-0.39, 0.29) is 18.7 Å². The minimum atomic E-state index is -4.71. The lowest BCUT2D eigenvalue weighted by Gasteiger charge is -2.18. The fourth-order valence-corrected chi connectivity index (χ4v) is 3.17. The number of rotatable bonds is 3. The first-order valence-corrected chi connectivity index (χ1v) is 7.48. The van der Waals surface area contributed by atoms with Gasteiger partial charge in [0.1, 0.15) is 5.02 Å². The van der Waals surface area contributed by atoms with Gasteiger partial charge in [0.25, 0.3) is 0 Å². The van der Waals surface area contributed by atoms with Crippen LogP contribution < -0.4 is 4.90 Å². The van der Waals surface area contributed by atoms with Crippen LogP contribution in [0, 0.1) is 17.6 Å². The maximum Gasteiger partial charge on any atom is 0.302 e. The summed E-state index contributed by atoms with van der Waals surface area (Å²) in [6, 6.07) is 1.92. The summed E-state index contributed by atoms with van der Waals surface area (Å²) < 4.78 is 60.0. The first kappa shape index (κ1) is 15.1. The Morgan fingerprint density at radius 1 is 1.35 bits per heavy atom. The molecule has 0 radical (unpaired) electrons. The van der Waals surface area contributed by atoms with Crippen LogP contribution in [-0.2, 0) is 15.0 Å². The van der Waals surface area contributed by atoms with Crippen molar-refractivity contribution in [2.45, 2.75) is 6.42 Å². The van der Waals surface area contributed by atoms with Gasteiger partial charge < -0.3 is 4.90 Å². The fraction of sp³-hybridized carbons (Fsp3) is 0.364. The second-order valence-electron chi connectivity index (χ2n) is 4.47. The number of carbonyl (C=O) groups excluding carboxylic acids is 1. The van der Waals surface area contributed by atoms with Crippen molar-refractivity contribution in [3.8, 4) is 0 Å². The molecule has 4 nitrogen and oxygen atoms in total. The van der Waals surface area contributed by atoms with Gasteiger partial charge in [-0.25, -0.2) is 8.78 Å². The lowest BCUT2D eigenvalue weighted by molar-refractivity contribution is -0.117. The van der Waals surface area contributed by atoms with Gasteiger partial charge in [-0.2, -0.15) is 8.42 Å². The molecular weight excluding hydrogens is 319 g/mol. The Labute approximate surface area is 118 Å². The normalized spacial score (nSPS) is 19.7. The van der Waals surface area contributed by atoms with Crippen LogP contribution in [0.2, 0.25) is 5.02 Å². The maximum absolute atomic E-state index is 13.3. The highest BCUT2D eigenvalue weighted by atomic mass is 35.5. The average Bonchev–Trinajstić information content (AvgIpc) is 2.65. The van der Waals surface area contributed by atoms with E-state index in [1.54, 1.807) is 0 Å². The highest BCUT2D eigenvalue weighted by Gasteiger charge is 2.35. The predicted octanol–water partition coefficient (Wildman–Crippen LogP) is 2.27. The molecule has 0 spiro atoms. The monoisotopic (exact) mass is 327 g/mol. The molecule has 20 heavy (non-hydrogen) atoms. The minimum Gasteiger partial charge on any atom is -0.310 e. The molecule has 1 aromatic rings. The Morgan fingerprint density at radius 2 is 2.00 bits per heavy atom. The molecule has 0 aromatic heterocycles. The lowest BCUT2D eigenvalue weighted by atomic mass is 10.1. The van der Waals surface area contributed by atoms with E-state index in [4.69, 9.17) is 11.6 Å². The van der Waals surface area contributed by atoms with Crippen molar-refractivity contribution < 1.29 is 25.9 Å². The molecule has 1 aliphatic rings. The van der Waals surface area contributed by atoms with Gasteiger partial charge in [-0.05, 0) is 12.1 Å². The molecule has 0 saturated carbocycles. The molecule has 1 atom stereocenters. The van der Waals surface area contributed by atoms with Crippen LogP contribution in [0.25, 0.3) is 0 Å². The summed E-state index contributed by atoms with van der Waals surface area (Å²) in [4.78, 5) is 12.8. The summed E-state index contributed by atoms with van der Waals surface area (Å²) in [5.74, 6) is -4.52. The topological polar surface area (TPSA) is 54.5 Å². The first-order chi connectivity index (χ1) is 9.19. The van der Waals surface area contributed by atoms with Gasteiger partial charge >= 0.3 is 10.2 Å². The van der Waals surface area contributed by atoms with Crippen LogP contribution in [0.15, 0.2) is 12.1 Å². The third-order valence-corrected chi connectivity index (χ3v) is 4.17. The predicted molar refractivity (Wildman–Crippen MR) is 66.7 cm³/mol. The Hall–Kier alpha value is -1.28. The third kappa shape index (κ3) is 3.06. The van der Waals surface area contributed by atoms with E-state index >= 15 is 0 Å². The smallest absolute Gasteiger partial charge is 0.302 e. The Bertz CT molecular complexity index is 665. The van der Waals surface area contributed by atoms with Crippen molar-refractivity contribution in [3.05, 3.63) is 28.8 Å². The molecule has 1 aliphatic heterocycles. The van der Waals surface area contributed by atoms with E-state index in [2.05, 4.69) is 0 Å². The number of benzene rings is 1. The van der Waals surface area contributed by atoms with Crippen molar-refractivity contribution in [2.75, 3.05) is 17.2 Å². The number of halogens is 4. The molecule has 1 heterocycles. The van der Waals surface area contributed by atoms with Gasteiger partial charge in [0.2, 0.25) is 5.91 Å². The van der Waals surface area contributed by atoms with Crippen molar-refractivity contribution in [2.24, 2.45) is 5.92 Å². The number of carbonyl (C=O) groups is 1. The van der Waals surface area contributed by atoms with Crippen molar-refractivity contribution in [1.82, 2.24) is 0 Å². The second-order valence-corrected chi connectivity index (χ2v) is 6.26. The zero-order chi connectivity index (χ0) is 15.1. The van der Waals surface area contributed by atoms with Gasteiger partial charge in [-0.3, -0.25) is 4.79 Å². The van der Waals surface area contributed by atoms with E-state index in [0.29, 0.717) is 0 Å². The van der Waals surface area contributed by atoms with Crippen LogP contribution in [0.4, 0.5) is 18.4 Å². The SMILES string of the molecule is O=C1CC(CS(=O)(=O)F)CN1c1ccc(F)c(F)c1Cl. The van der Waals surface area contributed by atoms with Gasteiger partial charge in [0.05, 0.1) is 11.4 Å². The number of amides is 1. The number of anilines is 1. The van der Waals surface area contributed by atoms with Gasteiger partial charge in [0.15, 0.2) is 11.6 Å². The summed E-state index contributed by atoms with van der Waals surface area (Å²) >= 11 is 5.62. The second kappa shape index (κ2) is 5.25. The number of hydrogen-bond acceptors (Lipinski definition) is 3. The zero-order valence-electron chi connectivity index (χ0n) is 9.95. The van der Waals surface area contributed by atoms with Crippen LogP contribution in [0.3, 0.4) is 0 Å². The molecule has 1 unspecified atom stereocenters. The third-order valence-electron chi connectivity index (χ3n) is 2.95. The molecule has 9 heteroatoms. The quantitative estimate of drug-likeness (QED) is 0.632. The lowest BCUT2D eigenvalue weighted by Crippen LogP contribution is -2.26. The Morgan fingerprint density at radius 3 is 2.60 bits per heavy atom. The number of nitrogens with zero attached hydrogens (tertiary/aromatic N) is 1. The van der Waals surface area contributed by atoms with E-state index in [9.17, 15) is 25.9 Å². The maximum atomic E-state index is 13.3. The fourth-order valence-electron chi connectivity index (χ4n) is 2.13. The molecule has 0 bridgehead atoms. The molecule has 1 aromatic carbocycles. The van der Waals surface area contributed by atoms with Gasteiger partial charge in [-0.1, -0.05) is 11.6 Å². The highest BCUT2D eigenvalue weighted by Crippen LogP contribution is 2.34. The molecule has 1 saturated heterocycles. The van der Waals surface area contributed by atoms with Crippen molar-refractivity contribution in [1.29, 1.82) is 0 Å². The molecule has 1 amide bonds. The standard InChI is InChI=1S/C11H9ClF3NO3S/c12-10-8(2-1-7(13)11(10)14)16-4-6(3-9(16)17)5-20(15,18)19/h1-2,6H,3-5H2. The largest absolute Gasteiger partial charge is 0.310 e. The zero-order valence-corrected chi connectivity index (χ0v) is 11.5. The number of hydrogen-bond donors (Lipinski definition) is 0. The molecule has 0 N–H and O–H groups in total. The van der Waals surface area contributed by atoms with E-state index in [0.717, 1.165) is 17.0 Å². The first-order valence-electron chi connectivity index (χ1n) is 5.55.